The van der Waals surface area contributed by atoms with Gasteiger partial charge in [0.25, 0.3) is 6.43 Å². The van der Waals surface area contributed by atoms with Crippen LogP contribution in [0.1, 0.15) is 58.7 Å². The highest BCUT2D eigenvalue weighted by Gasteiger charge is 2.26. The van der Waals surface area contributed by atoms with Crippen molar-refractivity contribution in [1.29, 1.82) is 0 Å². The number of nitrogens with zero attached hydrogens (tertiary/aromatic N) is 5. The summed E-state index contributed by atoms with van der Waals surface area (Å²) < 4.78 is 35.4. The summed E-state index contributed by atoms with van der Waals surface area (Å²) in [6.07, 6.45) is 2.61. The maximum atomic E-state index is 14.1. The summed E-state index contributed by atoms with van der Waals surface area (Å²) >= 11 is 0. The zero-order valence-corrected chi connectivity index (χ0v) is 23.4. The quantitative estimate of drug-likeness (QED) is 0.302. The third kappa shape index (κ3) is 6.20. The number of imidazole rings is 1. The Balaban J connectivity index is 1.38. The molecule has 0 amide bonds. The number of fused-ring (bicyclic) bond motifs is 1. The lowest BCUT2D eigenvalue weighted by Gasteiger charge is -2.34. The van der Waals surface area contributed by atoms with E-state index in [4.69, 9.17) is 14.7 Å². The number of aliphatic hydroxyl groups excluding tert-OH is 1. The summed E-state index contributed by atoms with van der Waals surface area (Å²) in [5.74, 6) is 1.58. The molecule has 0 spiro atoms. The molecule has 9 nitrogen and oxygen atoms in total. The van der Waals surface area contributed by atoms with Gasteiger partial charge in [0.1, 0.15) is 11.6 Å². The van der Waals surface area contributed by atoms with Crippen molar-refractivity contribution in [2.45, 2.75) is 71.0 Å². The first kappa shape index (κ1) is 28.2. The highest BCUT2D eigenvalue weighted by atomic mass is 19.3. The average molecular weight is 556 g/mol. The molecule has 2 atom stereocenters. The van der Waals surface area contributed by atoms with Crippen LogP contribution in [0.5, 0.6) is 0 Å². The van der Waals surface area contributed by atoms with Crippen LogP contribution in [0.4, 0.5) is 20.5 Å². The van der Waals surface area contributed by atoms with Crippen LogP contribution < -0.4 is 15.5 Å². The molecule has 3 heterocycles. The van der Waals surface area contributed by atoms with Gasteiger partial charge in [-0.15, -0.1) is 0 Å². The molecule has 1 aliphatic heterocycles. The second-order valence-corrected chi connectivity index (χ2v) is 11.0. The summed E-state index contributed by atoms with van der Waals surface area (Å²) in [7, 11) is 0. The van der Waals surface area contributed by atoms with Crippen LogP contribution in [0.25, 0.3) is 16.9 Å². The topological polar surface area (TPSA) is 100 Å². The summed E-state index contributed by atoms with van der Waals surface area (Å²) in [5.41, 5.74) is 2.00. The lowest BCUT2D eigenvalue weighted by molar-refractivity contribution is 0.0985. The predicted molar refractivity (Wildman–Crippen MR) is 152 cm³/mol. The van der Waals surface area contributed by atoms with Gasteiger partial charge in [0.05, 0.1) is 36.6 Å². The molecule has 2 fully saturated rings. The number of para-hydroxylation sites is 2. The van der Waals surface area contributed by atoms with Crippen LogP contribution in [-0.2, 0) is 4.74 Å². The van der Waals surface area contributed by atoms with E-state index in [1.54, 1.807) is 24.3 Å². The largest absolute Gasteiger partial charge is 0.516 e. The molecule has 1 aliphatic carbocycles. The first-order chi connectivity index (χ1) is 19.3. The number of nitrogens with one attached hydrogen (secondary N) is 2. The third-order valence-corrected chi connectivity index (χ3v) is 8.14. The number of aliphatic hydroxyl groups is 1. The number of rotatable bonds is 9. The second-order valence-electron chi connectivity index (χ2n) is 11.0. The Kier molecular flexibility index (Phi) is 8.80. The zero-order chi connectivity index (χ0) is 28.2. The molecule has 2 aliphatic rings. The Hall–Kier alpha value is -3.31. The Morgan fingerprint density at radius 2 is 1.90 bits per heavy atom. The molecule has 1 saturated heterocycles. The molecule has 1 unspecified atom stereocenters. The van der Waals surface area contributed by atoms with Gasteiger partial charge >= 0.3 is 0 Å². The van der Waals surface area contributed by atoms with E-state index in [0.717, 1.165) is 31.3 Å². The molecular weight excluding hydrogens is 516 g/mol. The number of halogens is 2. The van der Waals surface area contributed by atoms with Gasteiger partial charge in [-0.2, -0.15) is 9.97 Å². The Morgan fingerprint density at radius 1 is 1.15 bits per heavy atom. The van der Waals surface area contributed by atoms with Crippen molar-refractivity contribution in [1.82, 2.24) is 24.8 Å². The monoisotopic (exact) mass is 555 g/mol. The minimum Gasteiger partial charge on any atom is -0.516 e. The smallest absolute Gasteiger partial charge is 0.296 e. The molecule has 40 heavy (non-hydrogen) atoms. The SMILES string of the molecule is C/C(=C\O)C(C)N[C@H]1CC[C@H](CNc2nc(N3CCOC[C@@H]3C)cc(-n3c(C(F)F)nc4ccccc43)n2)CC1. The van der Waals surface area contributed by atoms with Crippen molar-refractivity contribution in [3.05, 3.63) is 48.0 Å². The van der Waals surface area contributed by atoms with Gasteiger partial charge in [-0.25, -0.2) is 13.8 Å². The number of ether oxygens (including phenoxy) is 1. The van der Waals surface area contributed by atoms with Crippen LogP contribution in [-0.4, -0.2) is 69.1 Å². The van der Waals surface area contributed by atoms with E-state index in [2.05, 4.69) is 34.4 Å². The van der Waals surface area contributed by atoms with E-state index >= 15 is 0 Å². The van der Waals surface area contributed by atoms with Gasteiger partial charge in [0.2, 0.25) is 5.95 Å². The van der Waals surface area contributed by atoms with Crippen molar-refractivity contribution in [3.8, 4) is 5.82 Å². The van der Waals surface area contributed by atoms with E-state index in [-0.39, 0.29) is 17.9 Å². The van der Waals surface area contributed by atoms with Gasteiger partial charge in [-0.1, -0.05) is 12.1 Å². The van der Waals surface area contributed by atoms with Crippen LogP contribution in [0, 0.1) is 5.92 Å². The molecular formula is C29H39F2N7O2. The van der Waals surface area contributed by atoms with Gasteiger partial charge in [0.15, 0.2) is 5.82 Å². The fourth-order valence-corrected chi connectivity index (χ4v) is 5.63. The number of benzene rings is 1. The normalized spacial score (nSPS) is 23.1. The fourth-order valence-electron chi connectivity index (χ4n) is 5.63. The molecule has 2 aromatic heterocycles. The highest BCUT2D eigenvalue weighted by Crippen LogP contribution is 2.30. The molecule has 11 heteroatoms. The second kappa shape index (κ2) is 12.5. The molecule has 3 N–H and O–H groups in total. The van der Waals surface area contributed by atoms with Crippen LogP contribution >= 0.6 is 0 Å². The molecule has 1 aromatic carbocycles. The van der Waals surface area contributed by atoms with Crippen molar-refractivity contribution >= 4 is 22.8 Å². The van der Waals surface area contributed by atoms with Crippen LogP contribution in [0.2, 0.25) is 0 Å². The van der Waals surface area contributed by atoms with Gasteiger partial charge in [0, 0.05) is 31.2 Å². The van der Waals surface area contributed by atoms with Crippen molar-refractivity contribution in [2.75, 3.05) is 36.5 Å². The highest BCUT2D eigenvalue weighted by molar-refractivity contribution is 5.78. The number of morpholine rings is 1. The minimum absolute atomic E-state index is 0.0907. The van der Waals surface area contributed by atoms with E-state index < -0.39 is 6.43 Å². The van der Waals surface area contributed by atoms with E-state index in [1.165, 1.54) is 10.8 Å². The Labute approximate surface area is 233 Å². The van der Waals surface area contributed by atoms with Crippen molar-refractivity contribution in [3.63, 3.8) is 0 Å². The first-order valence-corrected chi connectivity index (χ1v) is 14.1. The average Bonchev–Trinajstić information content (AvgIpc) is 3.37. The number of alkyl halides is 2. The molecule has 0 bridgehead atoms. The van der Waals surface area contributed by atoms with Crippen LogP contribution in [0.15, 0.2) is 42.2 Å². The molecule has 5 rings (SSSR count). The Morgan fingerprint density at radius 3 is 2.62 bits per heavy atom. The van der Waals surface area contributed by atoms with Crippen LogP contribution in [0.3, 0.4) is 0 Å². The molecule has 3 aromatic rings. The third-order valence-electron chi connectivity index (χ3n) is 8.14. The zero-order valence-electron chi connectivity index (χ0n) is 23.4. The summed E-state index contributed by atoms with van der Waals surface area (Å²) in [6, 6.07) is 9.53. The molecule has 216 valence electrons. The number of aromatic nitrogens is 4. The maximum Gasteiger partial charge on any atom is 0.296 e. The van der Waals surface area contributed by atoms with Crippen molar-refractivity contribution in [2.24, 2.45) is 5.92 Å². The van der Waals surface area contributed by atoms with E-state index in [1.807, 2.05) is 13.0 Å². The lowest BCUT2D eigenvalue weighted by atomic mass is 9.85. The number of hydrogen-bond acceptors (Lipinski definition) is 8. The maximum absolute atomic E-state index is 14.1. The first-order valence-electron chi connectivity index (χ1n) is 14.1. The molecule has 0 radical (unpaired) electrons. The number of anilines is 2. The fraction of sp³-hybridized carbons (Fsp3) is 0.552. The van der Waals surface area contributed by atoms with E-state index in [0.29, 0.717) is 66.9 Å². The summed E-state index contributed by atoms with van der Waals surface area (Å²) in [4.78, 5) is 15.9. The minimum atomic E-state index is -2.76. The van der Waals surface area contributed by atoms with E-state index in [9.17, 15) is 13.9 Å². The standard InChI is InChI=1S/C29H39F2N7O2/c1-18(16-39)20(3)33-22-10-8-21(9-11-22)15-32-29-35-25(37-12-13-40-17-19(37)2)14-26(36-29)38-24-7-5-4-6-23(24)34-28(38)27(30)31/h4-7,14,16,19-22,27,33,39H,8-13,15,17H2,1-3H3,(H,32,35,36)/b18-16+/t19-,20?,21-,22-/m0/s1. The van der Waals surface area contributed by atoms with Gasteiger partial charge in [-0.3, -0.25) is 4.57 Å². The predicted octanol–water partition coefficient (Wildman–Crippen LogP) is 5.39. The van der Waals surface area contributed by atoms with Gasteiger partial charge in [-0.05, 0) is 70.1 Å². The van der Waals surface area contributed by atoms with Crippen molar-refractivity contribution < 1.29 is 18.6 Å². The van der Waals surface area contributed by atoms with Gasteiger partial charge < -0.3 is 25.4 Å². The Bertz CT molecular complexity index is 1320. The summed E-state index contributed by atoms with van der Waals surface area (Å²) in [6.45, 7) is 8.56. The number of hydrogen-bond donors (Lipinski definition) is 3. The lowest BCUT2D eigenvalue weighted by Crippen LogP contribution is -2.44. The summed E-state index contributed by atoms with van der Waals surface area (Å²) in [5, 5.41) is 16.3. The molecule has 1 saturated carbocycles.